The Balaban J connectivity index is 1.90. The number of thioether (sulfide) groups is 1. The Morgan fingerprint density at radius 2 is 2.21 bits per heavy atom. The van der Waals surface area contributed by atoms with Gasteiger partial charge >= 0.3 is 0 Å². The average molecular weight is 360 g/mol. The van der Waals surface area contributed by atoms with Crippen molar-refractivity contribution in [1.82, 2.24) is 10.3 Å². The molecule has 0 unspecified atom stereocenters. The molecule has 0 saturated heterocycles. The summed E-state index contributed by atoms with van der Waals surface area (Å²) in [5, 5.41) is 6.63. The molecule has 0 aliphatic heterocycles. The summed E-state index contributed by atoms with van der Waals surface area (Å²) in [6, 6.07) is 8.23. The number of hydrogen-bond donors (Lipinski definition) is 1. The number of nitrogens with zero attached hydrogens (tertiary/aromatic N) is 1. The first-order chi connectivity index (χ1) is 11.6. The molecule has 0 fully saturated rings. The van der Waals surface area contributed by atoms with E-state index in [1.54, 1.807) is 35.2 Å². The Kier molecular flexibility index (Phi) is 5.16. The van der Waals surface area contributed by atoms with Gasteiger partial charge in [0.15, 0.2) is 0 Å². The van der Waals surface area contributed by atoms with Crippen molar-refractivity contribution < 1.29 is 9.18 Å². The van der Waals surface area contributed by atoms with Crippen molar-refractivity contribution >= 4 is 39.2 Å². The number of pyridine rings is 1. The van der Waals surface area contributed by atoms with Crippen molar-refractivity contribution in [2.45, 2.75) is 25.4 Å². The Hall–Kier alpha value is -1.92. The lowest BCUT2D eigenvalue weighted by Crippen LogP contribution is -2.24. The molecular formula is C18H17FN2OS2. The Bertz CT molecular complexity index is 892. The normalized spacial score (nSPS) is 11.0. The van der Waals surface area contributed by atoms with Gasteiger partial charge in [-0.1, -0.05) is 19.1 Å². The van der Waals surface area contributed by atoms with E-state index in [0.29, 0.717) is 5.56 Å². The molecule has 0 spiro atoms. The summed E-state index contributed by atoms with van der Waals surface area (Å²) in [4.78, 5) is 18.3. The van der Waals surface area contributed by atoms with Gasteiger partial charge in [-0.05, 0) is 47.4 Å². The largest absolute Gasteiger partial charge is 0.348 e. The SMILES string of the molecule is CCSc1nc2sccc2c(C)c1C(=O)NCc1cccc(F)c1. The molecule has 3 rings (SSSR count). The first-order valence-corrected chi connectivity index (χ1v) is 9.50. The standard InChI is InChI=1S/C18H17FN2OS2/c1-3-23-18-15(11(2)14-7-8-24-17(14)21-18)16(22)20-10-12-5-4-6-13(19)9-12/h4-9H,3,10H2,1-2H3,(H,20,22). The number of aryl methyl sites for hydroxylation is 1. The third-order valence-electron chi connectivity index (χ3n) is 3.69. The van der Waals surface area contributed by atoms with E-state index in [1.165, 1.54) is 12.1 Å². The van der Waals surface area contributed by atoms with Crippen LogP contribution in [0.3, 0.4) is 0 Å². The van der Waals surface area contributed by atoms with Crippen LogP contribution in [0.1, 0.15) is 28.4 Å². The third kappa shape index (κ3) is 3.44. The van der Waals surface area contributed by atoms with Gasteiger partial charge in [-0.15, -0.1) is 23.1 Å². The molecule has 1 aromatic carbocycles. The molecule has 124 valence electrons. The van der Waals surface area contributed by atoms with Crippen molar-refractivity contribution in [2.75, 3.05) is 5.75 Å². The molecule has 24 heavy (non-hydrogen) atoms. The fraction of sp³-hybridized carbons (Fsp3) is 0.222. The molecule has 2 heterocycles. The minimum Gasteiger partial charge on any atom is -0.348 e. The highest BCUT2D eigenvalue weighted by Crippen LogP contribution is 2.31. The van der Waals surface area contributed by atoms with E-state index in [1.807, 2.05) is 25.3 Å². The quantitative estimate of drug-likeness (QED) is 0.666. The number of rotatable bonds is 5. The second kappa shape index (κ2) is 7.32. The van der Waals surface area contributed by atoms with Crippen LogP contribution in [-0.4, -0.2) is 16.6 Å². The molecule has 0 saturated carbocycles. The van der Waals surface area contributed by atoms with Gasteiger partial charge in [0.05, 0.1) is 5.56 Å². The van der Waals surface area contributed by atoms with Gasteiger partial charge in [0.25, 0.3) is 5.91 Å². The topological polar surface area (TPSA) is 42.0 Å². The van der Waals surface area contributed by atoms with E-state index in [-0.39, 0.29) is 18.3 Å². The van der Waals surface area contributed by atoms with E-state index < -0.39 is 0 Å². The molecular weight excluding hydrogens is 343 g/mol. The van der Waals surface area contributed by atoms with Crippen LogP contribution in [-0.2, 0) is 6.54 Å². The predicted molar refractivity (Wildman–Crippen MR) is 98.3 cm³/mol. The number of nitrogens with one attached hydrogen (secondary N) is 1. The summed E-state index contributed by atoms with van der Waals surface area (Å²) in [5.41, 5.74) is 2.29. The maximum atomic E-state index is 13.3. The lowest BCUT2D eigenvalue weighted by molar-refractivity contribution is 0.0947. The Labute approximate surface area is 148 Å². The smallest absolute Gasteiger partial charge is 0.254 e. The summed E-state index contributed by atoms with van der Waals surface area (Å²) in [7, 11) is 0. The first-order valence-electron chi connectivity index (χ1n) is 7.63. The van der Waals surface area contributed by atoms with Gasteiger partial charge in [0, 0.05) is 11.9 Å². The number of carbonyl (C=O) groups excluding carboxylic acids is 1. The van der Waals surface area contributed by atoms with E-state index in [9.17, 15) is 9.18 Å². The van der Waals surface area contributed by atoms with Crippen LogP contribution in [0.2, 0.25) is 0 Å². The van der Waals surface area contributed by atoms with E-state index in [2.05, 4.69) is 10.3 Å². The van der Waals surface area contributed by atoms with Gasteiger partial charge in [-0.2, -0.15) is 0 Å². The van der Waals surface area contributed by atoms with Crippen molar-refractivity contribution in [1.29, 1.82) is 0 Å². The molecule has 0 radical (unpaired) electrons. The van der Waals surface area contributed by atoms with Crippen molar-refractivity contribution in [2.24, 2.45) is 0 Å². The molecule has 0 aliphatic carbocycles. The van der Waals surface area contributed by atoms with Gasteiger partial charge < -0.3 is 5.32 Å². The molecule has 3 aromatic rings. The lowest BCUT2D eigenvalue weighted by Gasteiger charge is -2.12. The number of amides is 1. The minimum atomic E-state index is -0.304. The number of aromatic nitrogens is 1. The predicted octanol–water partition coefficient (Wildman–Crippen LogP) is 4.79. The van der Waals surface area contributed by atoms with E-state index >= 15 is 0 Å². The highest BCUT2D eigenvalue weighted by atomic mass is 32.2. The molecule has 6 heteroatoms. The Morgan fingerprint density at radius 3 is 2.96 bits per heavy atom. The summed E-state index contributed by atoms with van der Waals surface area (Å²) in [5.74, 6) is 0.364. The molecule has 1 amide bonds. The summed E-state index contributed by atoms with van der Waals surface area (Å²) in [6.07, 6.45) is 0. The number of benzene rings is 1. The average Bonchev–Trinajstić information content (AvgIpc) is 3.02. The van der Waals surface area contributed by atoms with Crippen LogP contribution in [0.25, 0.3) is 10.2 Å². The van der Waals surface area contributed by atoms with Crippen LogP contribution in [0.5, 0.6) is 0 Å². The fourth-order valence-electron chi connectivity index (χ4n) is 2.54. The zero-order valence-corrected chi connectivity index (χ0v) is 15.1. The third-order valence-corrected chi connectivity index (χ3v) is 5.36. The van der Waals surface area contributed by atoms with Gasteiger partial charge in [-0.25, -0.2) is 9.37 Å². The van der Waals surface area contributed by atoms with Crippen LogP contribution in [0.15, 0.2) is 40.7 Å². The summed E-state index contributed by atoms with van der Waals surface area (Å²) >= 11 is 3.14. The maximum absolute atomic E-state index is 13.3. The van der Waals surface area contributed by atoms with Crippen LogP contribution < -0.4 is 5.32 Å². The highest BCUT2D eigenvalue weighted by molar-refractivity contribution is 7.99. The molecule has 3 nitrogen and oxygen atoms in total. The second-order valence-corrected chi connectivity index (χ2v) is 7.45. The second-order valence-electron chi connectivity index (χ2n) is 5.30. The van der Waals surface area contributed by atoms with Crippen LogP contribution >= 0.6 is 23.1 Å². The summed E-state index contributed by atoms with van der Waals surface area (Å²) < 4.78 is 13.3. The zero-order chi connectivity index (χ0) is 17.1. The molecule has 0 atom stereocenters. The molecule has 2 aromatic heterocycles. The van der Waals surface area contributed by atoms with Crippen molar-refractivity contribution in [3.8, 4) is 0 Å². The zero-order valence-electron chi connectivity index (χ0n) is 13.4. The first kappa shape index (κ1) is 16.9. The molecule has 0 aliphatic rings. The van der Waals surface area contributed by atoms with Gasteiger partial charge in [0.1, 0.15) is 15.7 Å². The molecule has 1 N–H and O–H groups in total. The minimum absolute atomic E-state index is 0.173. The van der Waals surface area contributed by atoms with Crippen molar-refractivity contribution in [3.63, 3.8) is 0 Å². The van der Waals surface area contributed by atoms with Gasteiger partial charge in [0.2, 0.25) is 0 Å². The Morgan fingerprint density at radius 1 is 1.38 bits per heavy atom. The number of carbonyl (C=O) groups is 1. The lowest BCUT2D eigenvalue weighted by atomic mass is 10.1. The fourth-order valence-corrected chi connectivity index (χ4v) is 4.24. The van der Waals surface area contributed by atoms with Crippen LogP contribution in [0.4, 0.5) is 4.39 Å². The number of fused-ring (bicyclic) bond motifs is 1. The highest BCUT2D eigenvalue weighted by Gasteiger charge is 2.19. The summed E-state index contributed by atoms with van der Waals surface area (Å²) in [6.45, 7) is 4.27. The number of hydrogen-bond acceptors (Lipinski definition) is 4. The van der Waals surface area contributed by atoms with E-state index in [4.69, 9.17) is 0 Å². The van der Waals surface area contributed by atoms with Gasteiger partial charge in [-0.3, -0.25) is 4.79 Å². The number of halogens is 1. The maximum Gasteiger partial charge on any atom is 0.254 e. The monoisotopic (exact) mass is 360 g/mol. The molecule has 0 bridgehead atoms. The van der Waals surface area contributed by atoms with Crippen molar-refractivity contribution in [3.05, 3.63) is 58.2 Å². The van der Waals surface area contributed by atoms with Crippen LogP contribution in [0, 0.1) is 12.7 Å². The number of thiophene rings is 1. The van der Waals surface area contributed by atoms with E-state index in [0.717, 1.165) is 32.1 Å².